The van der Waals surface area contributed by atoms with E-state index in [1.54, 1.807) is 24.3 Å². The molecule has 2 rings (SSSR count). The number of carbonyl (C=O) groups excluding carboxylic acids is 2. The van der Waals surface area contributed by atoms with Gasteiger partial charge in [-0.3, -0.25) is 9.59 Å². The normalized spacial score (nSPS) is 13.8. The van der Waals surface area contributed by atoms with Crippen molar-refractivity contribution in [3.05, 3.63) is 35.9 Å². The quantitative estimate of drug-likeness (QED) is 0.611. The van der Waals surface area contributed by atoms with Gasteiger partial charge in [-0.05, 0) is 37.9 Å². The average molecular weight is 275 g/mol. The summed E-state index contributed by atoms with van der Waals surface area (Å²) < 4.78 is 0. The summed E-state index contributed by atoms with van der Waals surface area (Å²) in [5.74, 6) is -0.378. The van der Waals surface area contributed by atoms with Gasteiger partial charge in [0.2, 0.25) is 5.91 Å². The third-order valence-corrected chi connectivity index (χ3v) is 3.13. The van der Waals surface area contributed by atoms with E-state index in [0.717, 1.165) is 13.0 Å². The maximum Gasteiger partial charge on any atom is 0.251 e. The Balaban J connectivity index is 1.54. The molecule has 2 amide bonds. The Morgan fingerprint density at radius 1 is 1.05 bits per heavy atom. The van der Waals surface area contributed by atoms with Crippen molar-refractivity contribution in [3.63, 3.8) is 0 Å². The molecule has 0 heterocycles. The van der Waals surface area contributed by atoms with E-state index in [-0.39, 0.29) is 18.4 Å². The van der Waals surface area contributed by atoms with Crippen LogP contribution >= 0.6 is 0 Å². The molecular formula is C15H21N3O2. The van der Waals surface area contributed by atoms with E-state index in [4.69, 9.17) is 0 Å². The molecule has 1 aromatic rings. The van der Waals surface area contributed by atoms with Crippen LogP contribution in [0.1, 0.15) is 29.6 Å². The molecule has 5 heteroatoms. The van der Waals surface area contributed by atoms with Gasteiger partial charge < -0.3 is 16.0 Å². The van der Waals surface area contributed by atoms with E-state index in [1.165, 1.54) is 12.8 Å². The van der Waals surface area contributed by atoms with Crippen LogP contribution in [-0.2, 0) is 4.79 Å². The lowest BCUT2D eigenvalue weighted by atomic mass is 10.2. The topological polar surface area (TPSA) is 70.2 Å². The fourth-order valence-corrected chi connectivity index (χ4v) is 1.82. The molecule has 1 aliphatic rings. The van der Waals surface area contributed by atoms with Crippen LogP contribution in [0.25, 0.3) is 0 Å². The first-order chi connectivity index (χ1) is 9.75. The zero-order valence-corrected chi connectivity index (χ0v) is 11.5. The number of hydrogen-bond acceptors (Lipinski definition) is 3. The van der Waals surface area contributed by atoms with Gasteiger partial charge in [-0.1, -0.05) is 18.2 Å². The van der Waals surface area contributed by atoms with Crippen molar-refractivity contribution in [1.82, 2.24) is 16.0 Å². The van der Waals surface area contributed by atoms with Crippen molar-refractivity contribution in [2.45, 2.75) is 25.3 Å². The molecular weight excluding hydrogens is 254 g/mol. The number of hydrogen-bond donors (Lipinski definition) is 3. The van der Waals surface area contributed by atoms with Crippen LogP contribution in [-0.4, -0.2) is 37.5 Å². The summed E-state index contributed by atoms with van der Waals surface area (Å²) in [4.78, 5) is 23.2. The Bertz CT molecular complexity index is 444. The lowest BCUT2D eigenvalue weighted by Gasteiger charge is -2.07. The second-order valence-corrected chi connectivity index (χ2v) is 4.98. The Morgan fingerprint density at radius 3 is 2.50 bits per heavy atom. The van der Waals surface area contributed by atoms with E-state index in [1.807, 2.05) is 6.07 Å². The third-order valence-electron chi connectivity index (χ3n) is 3.13. The SMILES string of the molecule is O=C(CNC(=O)c1ccccc1)NCCCNC1CC1. The number of rotatable bonds is 8. The second-order valence-electron chi connectivity index (χ2n) is 4.98. The zero-order chi connectivity index (χ0) is 14.2. The molecule has 0 saturated heterocycles. The van der Waals surface area contributed by atoms with Crippen LogP contribution in [0.2, 0.25) is 0 Å². The summed E-state index contributed by atoms with van der Waals surface area (Å²) in [6, 6.07) is 9.58. The smallest absolute Gasteiger partial charge is 0.251 e. The highest BCUT2D eigenvalue weighted by Crippen LogP contribution is 2.18. The Labute approximate surface area is 119 Å². The van der Waals surface area contributed by atoms with Crippen molar-refractivity contribution in [2.75, 3.05) is 19.6 Å². The maximum absolute atomic E-state index is 11.7. The van der Waals surface area contributed by atoms with Gasteiger partial charge in [-0.2, -0.15) is 0 Å². The van der Waals surface area contributed by atoms with Crippen LogP contribution in [0.15, 0.2) is 30.3 Å². The largest absolute Gasteiger partial charge is 0.355 e. The van der Waals surface area contributed by atoms with E-state index < -0.39 is 0 Å². The summed E-state index contributed by atoms with van der Waals surface area (Å²) in [6.07, 6.45) is 3.46. The predicted octanol–water partition coefficient (Wildman–Crippen LogP) is 0.675. The van der Waals surface area contributed by atoms with Crippen LogP contribution < -0.4 is 16.0 Å². The number of benzene rings is 1. The lowest BCUT2D eigenvalue weighted by molar-refractivity contribution is -0.120. The van der Waals surface area contributed by atoms with E-state index in [9.17, 15) is 9.59 Å². The summed E-state index contributed by atoms with van der Waals surface area (Å²) in [5.41, 5.74) is 0.564. The third kappa shape index (κ3) is 5.40. The molecule has 0 radical (unpaired) electrons. The highest BCUT2D eigenvalue weighted by Gasteiger charge is 2.19. The van der Waals surface area contributed by atoms with Crippen molar-refractivity contribution in [3.8, 4) is 0 Å². The van der Waals surface area contributed by atoms with Crippen LogP contribution in [0.5, 0.6) is 0 Å². The first-order valence-electron chi connectivity index (χ1n) is 7.09. The summed E-state index contributed by atoms with van der Waals surface area (Å²) >= 11 is 0. The summed E-state index contributed by atoms with van der Waals surface area (Å²) in [7, 11) is 0. The lowest BCUT2D eigenvalue weighted by Crippen LogP contribution is -2.37. The average Bonchev–Trinajstić information content (AvgIpc) is 3.29. The molecule has 3 N–H and O–H groups in total. The molecule has 1 fully saturated rings. The molecule has 5 nitrogen and oxygen atoms in total. The van der Waals surface area contributed by atoms with Crippen LogP contribution in [0, 0.1) is 0 Å². The van der Waals surface area contributed by atoms with Crippen LogP contribution in [0.3, 0.4) is 0 Å². The van der Waals surface area contributed by atoms with Gasteiger partial charge in [0.15, 0.2) is 0 Å². The van der Waals surface area contributed by atoms with Gasteiger partial charge in [0.1, 0.15) is 0 Å². The highest BCUT2D eigenvalue weighted by atomic mass is 16.2. The monoisotopic (exact) mass is 275 g/mol. The molecule has 108 valence electrons. The zero-order valence-electron chi connectivity index (χ0n) is 11.5. The number of amides is 2. The maximum atomic E-state index is 11.7. The van der Waals surface area contributed by atoms with E-state index in [0.29, 0.717) is 18.2 Å². The van der Waals surface area contributed by atoms with Gasteiger partial charge in [0.05, 0.1) is 6.54 Å². The molecule has 0 spiro atoms. The molecule has 0 aliphatic heterocycles. The number of nitrogens with one attached hydrogen (secondary N) is 3. The fourth-order valence-electron chi connectivity index (χ4n) is 1.82. The standard InChI is InChI=1S/C15H21N3O2/c19-14(17-10-4-9-16-13-7-8-13)11-18-15(20)12-5-2-1-3-6-12/h1-3,5-6,13,16H,4,7-11H2,(H,17,19)(H,18,20). The molecule has 0 unspecified atom stereocenters. The van der Waals surface area contributed by atoms with Crippen molar-refractivity contribution in [2.24, 2.45) is 0 Å². The van der Waals surface area contributed by atoms with Gasteiger partial charge in [-0.25, -0.2) is 0 Å². The summed E-state index contributed by atoms with van der Waals surface area (Å²) in [5, 5.41) is 8.77. The van der Waals surface area contributed by atoms with Crippen molar-refractivity contribution < 1.29 is 9.59 Å². The highest BCUT2D eigenvalue weighted by molar-refractivity contribution is 5.96. The molecule has 0 bridgehead atoms. The Morgan fingerprint density at radius 2 is 1.80 bits per heavy atom. The molecule has 1 aliphatic carbocycles. The van der Waals surface area contributed by atoms with Gasteiger partial charge in [0.25, 0.3) is 5.91 Å². The summed E-state index contributed by atoms with van der Waals surface area (Å²) in [6.45, 7) is 1.59. The molecule has 20 heavy (non-hydrogen) atoms. The van der Waals surface area contributed by atoms with E-state index >= 15 is 0 Å². The molecule has 0 aromatic heterocycles. The number of carbonyl (C=O) groups is 2. The van der Waals surface area contributed by atoms with Crippen LogP contribution in [0.4, 0.5) is 0 Å². The minimum atomic E-state index is -0.226. The Hall–Kier alpha value is -1.88. The molecule has 1 aromatic carbocycles. The van der Waals surface area contributed by atoms with Gasteiger partial charge >= 0.3 is 0 Å². The second kappa shape index (κ2) is 7.65. The fraction of sp³-hybridized carbons (Fsp3) is 0.467. The van der Waals surface area contributed by atoms with Crippen molar-refractivity contribution >= 4 is 11.8 Å². The predicted molar refractivity (Wildman–Crippen MR) is 77.4 cm³/mol. The first kappa shape index (κ1) is 14.5. The minimum Gasteiger partial charge on any atom is -0.355 e. The van der Waals surface area contributed by atoms with E-state index in [2.05, 4.69) is 16.0 Å². The van der Waals surface area contributed by atoms with Gasteiger partial charge in [0, 0.05) is 18.2 Å². The molecule has 1 saturated carbocycles. The van der Waals surface area contributed by atoms with Crippen molar-refractivity contribution in [1.29, 1.82) is 0 Å². The minimum absolute atomic E-state index is 0.0176. The molecule has 0 atom stereocenters. The first-order valence-corrected chi connectivity index (χ1v) is 7.09. The Kier molecular flexibility index (Phi) is 5.55. The van der Waals surface area contributed by atoms with Gasteiger partial charge in [-0.15, -0.1) is 0 Å².